The third-order valence-electron chi connectivity index (χ3n) is 5.73. The molecule has 0 spiro atoms. The fourth-order valence-corrected chi connectivity index (χ4v) is 3.98. The molecule has 0 bridgehead atoms. The SMILES string of the molecule is Fc1cccc2[nH]c(CNc3nc(N4CCNCC4)nc4c(C5CC5)cnn34)nc12. The lowest BCUT2D eigenvalue weighted by atomic mass is 10.2. The Hall–Kier alpha value is -3.27. The van der Waals surface area contributed by atoms with Gasteiger partial charge in [-0.1, -0.05) is 6.07 Å². The molecule has 6 rings (SSSR count). The summed E-state index contributed by atoms with van der Waals surface area (Å²) in [6, 6.07) is 4.90. The number of nitrogens with zero attached hydrogens (tertiary/aromatic N) is 6. The van der Waals surface area contributed by atoms with Crippen LogP contribution in [-0.4, -0.2) is 55.7 Å². The molecule has 0 atom stereocenters. The van der Waals surface area contributed by atoms with Crippen LogP contribution >= 0.6 is 0 Å². The fourth-order valence-electron chi connectivity index (χ4n) is 3.98. The number of hydrogen-bond donors (Lipinski definition) is 3. The van der Waals surface area contributed by atoms with Gasteiger partial charge in [0.15, 0.2) is 11.5 Å². The quantitative estimate of drug-likeness (QED) is 0.466. The molecule has 0 unspecified atom stereocenters. The Labute approximate surface area is 171 Å². The molecule has 4 aromatic rings. The van der Waals surface area contributed by atoms with Crippen molar-refractivity contribution in [3.05, 3.63) is 41.6 Å². The first kappa shape index (κ1) is 17.6. The van der Waals surface area contributed by atoms with Gasteiger partial charge in [0.1, 0.15) is 11.3 Å². The summed E-state index contributed by atoms with van der Waals surface area (Å²) in [5, 5.41) is 11.2. The van der Waals surface area contributed by atoms with Gasteiger partial charge in [0.2, 0.25) is 11.9 Å². The van der Waals surface area contributed by atoms with Crippen LogP contribution in [0.3, 0.4) is 0 Å². The molecule has 2 fully saturated rings. The highest BCUT2D eigenvalue weighted by atomic mass is 19.1. The number of nitrogens with one attached hydrogen (secondary N) is 3. The number of hydrogen-bond acceptors (Lipinski definition) is 7. The number of imidazole rings is 1. The number of halogens is 1. The zero-order chi connectivity index (χ0) is 20.1. The van der Waals surface area contributed by atoms with E-state index in [1.54, 1.807) is 10.6 Å². The summed E-state index contributed by atoms with van der Waals surface area (Å²) < 4.78 is 15.7. The lowest BCUT2D eigenvalue weighted by molar-refractivity contribution is 0.579. The molecule has 1 aromatic carbocycles. The first-order valence-corrected chi connectivity index (χ1v) is 10.3. The maximum Gasteiger partial charge on any atom is 0.230 e. The molecule has 154 valence electrons. The highest BCUT2D eigenvalue weighted by Gasteiger charge is 2.29. The summed E-state index contributed by atoms with van der Waals surface area (Å²) >= 11 is 0. The van der Waals surface area contributed by atoms with E-state index >= 15 is 0 Å². The highest BCUT2D eigenvalue weighted by Crippen LogP contribution is 2.42. The second kappa shape index (κ2) is 6.91. The van der Waals surface area contributed by atoms with Crippen LogP contribution in [0.5, 0.6) is 0 Å². The van der Waals surface area contributed by atoms with E-state index in [1.165, 1.54) is 24.5 Å². The number of H-pyrrole nitrogens is 1. The molecule has 10 heteroatoms. The van der Waals surface area contributed by atoms with E-state index in [1.807, 2.05) is 12.3 Å². The van der Waals surface area contributed by atoms with Crippen molar-refractivity contribution in [3.8, 4) is 0 Å². The van der Waals surface area contributed by atoms with Gasteiger partial charge in [0.25, 0.3) is 0 Å². The van der Waals surface area contributed by atoms with Crippen LogP contribution < -0.4 is 15.5 Å². The Morgan fingerprint density at radius 2 is 2.00 bits per heavy atom. The minimum Gasteiger partial charge on any atom is -0.347 e. The van der Waals surface area contributed by atoms with Gasteiger partial charge in [-0.05, 0) is 30.9 Å². The Morgan fingerprint density at radius 1 is 1.13 bits per heavy atom. The molecular weight excluding hydrogens is 385 g/mol. The number of aromatic amines is 1. The molecule has 1 saturated heterocycles. The summed E-state index contributed by atoms with van der Waals surface area (Å²) in [5.74, 6) is 2.17. The van der Waals surface area contributed by atoms with Crippen molar-refractivity contribution in [1.82, 2.24) is 34.9 Å². The number of fused-ring (bicyclic) bond motifs is 2. The molecule has 1 aliphatic carbocycles. The highest BCUT2D eigenvalue weighted by molar-refractivity contribution is 5.75. The summed E-state index contributed by atoms with van der Waals surface area (Å²) in [4.78, 5) is 19.4. The van der Waals surface area contributed by atoms with E-state index in [9.17, 15) is 4.39 Å². The number of piperazine rings is 1. The third-order valence-corrected chi connectivity index (χ3v) is 5.73. The molecule has 4 heterocycles. The van der Waals surface area contributed by atoms with E-state index in [0.29, 0.717) is 41.2 Å². The number of benzene rings is 1. The van der Waals surface area contributed by atoms with Crippen LogP contribution in [0.4, 0.5) is 16.3 Å². The summed E-state index contributed by atoms with van der Waals surface area (Å²) in [5.41, 5.74) is 3.07. The minimum atomic E-state index is -0.332. The zero-order valence-corrected chi connectivity index (χ0v) is 16.4. The molecule has 9 nitrogen and oxygen atoms in total. The largest absolute Gasteiger partial charge is 0.347 e. The topological polar surface area (TPSA) is 99.1 Å². The van der Waals surface area contributed by atoms with Crippen molar-refractivity contribution in [2.45, 2.75) is 25.3 Å². The maximum absolute atomic E-state index is 14.0. The molecule has 3 N–H and O–H groups in total. The molecule has 1 aliphatic heterocycles. The van der Waals surface area contributed by atoms with Crippen LogP contribution in [0.2, 0.25) is 0 Å². The standard InChI is InChI=1S/C20H22FN9/c21-14-2-1-3-15-17(14)26-16(25-15)11-23-19-28-20(29-8-6-22-7-9-29)27-18-13(12-4-5-12)10-24-30(18)19/h1-3,10,12,22H,4-9,11H2,(H,25,26)(H,23,27,28). The van der Waals surface area contributed by atoms with Gasteiger partial charge in [0.05, 0.1) is 18.3 Å². The van der Waals surface area contributed by atoms with E-state index in [0.717, 1.165) is 31.8 Å². The lowest BCUT2D eigenvalue weighted by Gasteiger charge is -2.27. The number of para-hydroxylation sites is 1. The van der Waals surface area contributed by atoms with E-state index in [4.69, 9.17) is 9.97 Å². The maximum atomic E-state index is 14.0. The molecule has 1 saturated carbocycles. The molecular formula is C20H22FN9. The molecule has 30 heavy (non-hydrogen) atoms. The van der Waals surface area contributed by atoms with Crippen molar-refractivity contribution >= 4 is 28.6 Å². The van der Waals surface area contributed by atoms with Crippen LogP contribution in [-0.2, 0) is 6.54 Å². The van der Waals surface area contributed by atoms with Crippen molar-refractivity contribution < 1.29 is 4.39 Å². The second-order valence-electron chi connectivity index (χ2n) is 7.87. The van der Waals surface area contributed by atoms with Gasteiger partial charge in [-0.3, -0.25) is 0 Å². The molecule has 2 aliphatic rings. The van der Waals surface area contributed by atoms with Crippen LogP contribution in [0.25, 0.3) is 16.7 Å². The van der Waals surface area contributed by atoms with Crippen molar-refractivity contribution in [2.24, 2.45) is 0 Å². The van der Waals surface area contributed by atoms with Crippen LogP contribution in [0, 0.1) is 5.82 Å². The second-order valence-corrected chi connectivity index (χ2v) is 7.87. The van der Waals surface area contributed by atoms with Crippen molar-refractivity contribution in [2.75, 3.05) is 36.4 Å². The third kappa shape index (κ3) is 3.04. The summed E-state index contributed by atoms with van der Waals surface area (Å²) in [6.07, 6.45) is 4.27. The first-order valence-electron chi connectivity index (χ1n) is 10.3. The molecule has 0 radical (unpaired) electrons. The van der Waals surface area contributed by atoms with Gasteiger partial charge in [-0.25, -0.2) is 9.37 Å². The van der Waals surface area contributed by atoms with Gasteiger partial charge >= 0.3 is 0 Å². The predicted molar refractivity (Wildman–Crippen MR) is 111 cm³/mol. The van der Waals surface area contributed by atoms with Crippen molar-refractivity contribution in [3.63, 3.8) is 0 Å². The smallest absolute Gasteiger partial charge is 0.230 e. The Balaban J connectivity index is 1.35. The fraction of sp³-hybridized carbons (Fsp3) is 0.400. The Kier molecular flexibility index (Phi) is 4.05. The zero-order valence-electron chi connectivity index (χ0n) is 16.4. The monoisotopic (exact) mass is 407 g/mol. The number of anilines is 2. The number of rotatable bonds is 5. The van der Waals surface area contributed by atoms with Crippen LogP contribution in [0.1, 0.15) is 30.1 Å². The Bertz CT molecular complexity index is 1220. The van der Waals surface area contributed by atoms with E-state index in [-0.39, 0.29) is 5.82 Å². The molecule has 3 aromatic heterocycles. The van der Waals surface area contributed by atoms with Gasteiger partial charge in [-0.15, -0.1) is 0 Å². The average Bonchev–Trinajstić information content (AvgIpc) is 3.38. The van der Waals surface area contributed by atoms with E-state index < -0.39 is 0 Å². The van der Waals surface area contributed by atoms with Gasteiger partial charge in [-0.2, -0.15) is 19.6 Å². The summed E-state index contributed by atoms with van der Waals surface area (Å²) in [6.45, 7) is 3.93. The predicted octanol–water partition coefficient (Wildman–Crippen LogP) is 2.04. The lowest BCUT2D eigenvalue weighted by Crippen LogP contribution is -2.44. The van der Waals surface area contributed by atoms with Gasteiger partial charge in [0, 0.05) is 31.7 Å². The van der Waals surface area contributed by atoms with Gasteiger partial charge < -0.3 is 20.5 Å². The number of aromatic nitrogens is 6. The van der Waals surface area contributed by atoms with Crippen molar-refractivity contribution in [1.29, 1.82) is 0 Å². The Morgan fingerprint density at radius 3 is 2.80 bits per heavy atom. The molecule has 0 amide bonds. The first-order chi connectivity index (χ1) is 14.8. The van der Waals surface area contributed by atoms with E-state index in [2.05, 4.69) is 30.6 Å². The summed E-state index contributed by atoms with van der Waals surface area (Å²) in [7, 11) is 0. The minimum absolute atomic E-state index is 0.332. The van der Waals surface area contributed by atoms with Crippen LogP contribution in [0.15, 0.2) is 24.4 Å². The normalized spacial score (nSPS) is 17.2. The average molecular weight is 407 g/mol.